The van der Waals surface area contributed by atoms with E-state index in [1.54, 1.807) is 27.7 Å². The molecule has 0 spiro atoms. The molecule has 0 radical (unpaired) electrons. The van der Waals surface area contributed by atoms with Gasteiger partial charge in [-0.3, -0.25) is 4.79 Å². The molecular weight excluding hydrogens is 412 g/mol. The van der Waals surface area contributed by atoms with Gasteiger partial charge in [0.1, 0.15) is 5.75 Å². The summed E-state index contributed by atoms with van der Waals surface area (Å²) in [6, 6.07) is 3.42. The molecule has 166 valence electrons. The maximum absolute atomic E-state index is 13.8. The van der Waals surface area contributed by atoms with E-state index in [0.717, 1.165) is 17.0 Å². The zero-order valence-corrected chi connectivity index (χ0v) is 17.1. The maximum atomic E-state index is 13.8. The van der Waals surface area contributed by atoms with Gasteiger partial charge in [0.2, 0.25) is 0 Å². The van der Waals surface area contributed by atoms with Crippen LogP contribution in [0.4, 0.5) is 22.0 Å². The quantitative estimate of drug-likeness (QED) is 0.536. The lowest BCUT2D eigenvalue weighted by atomic mass is 9.78. The van der Waals surface area contributed by atoms with Crippen LogP contribution in [0.3, 0.4) is 0 Å². The van der Waals surface area contributed by atoms with Crippen molar-refractivity contribution in [2.24, 2.45) is 0 Å². The third kappa shape index (κ3) is 4.72. The topological polar surface area (TPSA) is 48.0 Å². The Morgan fingerprint density at radius 3 is 2.27 bits per heavy atom. The Hall–Kier alpha value is -1.88. The van der Waals surface area contributed by atoms with Crippen molar-refractivity contribution in [2.75, 3.05) is 13.1 Å². The fraction of sp³-hybridized carbons (Fsp3) is 0.632. The number of nitrogens with zero attached hydrogens (tertiary/aromatic N) is 1. The molecule has 3 rings (SSSR count). The van der Waals surface area contributed by atoms with Gasteiger partial charge in [0, 0.05) is 13.0 Å². The minimum Gasteiger partial charge on any atom is -0.405 e. The number of piperidine rings is 1. The molecule has 0 aromatic heterocycles. The Morgan fingerprint density at radius 2 is 1.73 bits per heavy atom. The Kier molecular flexibility index (Phi) is 5.60. The van der Waals surface area contributed by atoms with Crippen molar-refractivity contribution in [2.45, 2.75) is 64.0 Å². The second-order valence-corrected chi connectivity index (χ2v) is 8.58. The minimum absolute atomic E-state index is 0.0145. The number of amides is 1. The van der Waals surface area contributed by atoms with E-state index in [1.807, 2.05) is 0 Å². The monoisotopic (exact) mass is 435 g/mol. The minimum atomic E-state index is -5.05. The molecule has 30 heavy (non-hydrogen) atoms. The van der Waals surface area contributed by atoms with Crippen LogP contribution in [-0.4, -0.2) is 54.5 Å². The van der Waals surface area contributed by atoms with E-state index in [2.05, 4.69) is 4.74 Å². The van der Waals surface area contributed by atoms with Crippen LogP contribution in [0.5, 0.6) is 5.75 Å². The lowest BCUT2D eigenvalue weighted by Crippen LogP contribution is -2.46. The normalized spacial score (nSPS) is 22.8. The molecule has 5 nitrogen and oxygen atoms in total. The summed E-state index contributed by atoms with van der Waals surface area (Å²) in [5.41, 5.74) is -1.61. The number of rotatable bonds is 3. The summed E-state index contributed by atoms with van der Waals surface area (Å²) in [6.07, 6.45) is -5.38. The van der Waals surface area contributed by atoms with Crippen LogP contribution in [0, 0.1) is 0 Å². The van der Waals surface area contributed by atoms with Crippen molar-refractivity contribution in [3.8, 4) is 5.75 Å². The summed E-state index contributed by atoms with van der Waals surface area (Å²) in [5.74, 6) is -4.82. The summed E-state index contributed by atoms with van der Waals surface area (Å²) >= 11 is 0. The van der Waals surface area contributed by atoms with Gasteiger partial charge in [0.05, 0.1) is 23.3 Å². The van der Waals surface area contributed by atoms with Crippen LogP contribution >= 0.6 is 0 Å². The second kappa shape index (κ2) is 7.37. The largest absolute Gasteiger partial charge is 0.573 e. The number of halogens is 5. The van der Waals surface area contributed by atoms with Crippen LogP contribution in [0.2, 0.25) is 0 Å². The van der Waals surface area contributed by atoms with Crippen LogP contribution in [0.1, 0.15) is 50.9 Å². The van der Waals surface area contributed by atoms with Gasteiger partial charge in [-0.1, -0.05) is 6.07 Å². The van der Waals surface area contributed by atoms with E-state index in [0.29, 0.717) is 0 Å². The molecule has 0 aliphatic carbocycles. The van der Waals surface area contributed by atoms with Gasteiger partial charge < -0.3 is 18.9 Å². The van der Waals surface area contributed by atoms with Crippen molar-refractivity contribution in [3.05, 3.63) is 23.8 Å². The fourth-order valence-electron chi connectivity index (χ4n) is 3.36. The predicted octanol–water partition coefficient (Wildman–Crippen LogP) is 3.76. The molecule has 2 heterocycles. The molecule has 0 saturated carbocycles. The number of hydrogen-bond acceptors (Lipinski definition) is 4. The standard InChI is InChI=1S/C19H23BF5NO4/c1-16(2)17(3,4)30-20(29-16)12-6-7-14(28-19(23,24)25)13(10-12)15(27)26-9-5-8-18(21,22)11-26/h6-7,10H,5,8-9,11H2,1-4H3. The molecule has 0 unspecified atom stereocenters. The van der Waals surface area contributed by atoms with Gasteiger partial charge in [-0.25, -0.2) is 8.78 Å². The first-order valence-electron chi connectivity index (χ1n) is 9.53. The number of carbonyl (C=O) groups excluding carboxylic acids is 1. The second-order valence-electron chi connectivity index (χ2n) is 8.58. The van der Waals surface area contributed by atoms with Crippen molar-refractivity contribution < 1.29 is 40.8 Å². The summed E-state index contributed by atoms with van der Waals surface area (Å²) in [6.45, 7) is 6.36. The van der Waals surface area contributed by atoms with E-state index in [1.165, 1.54) is 6.07 Å². The SMILES string of the molecule is CC1(C)OB(c2ccc(OC(F)(F)F)c(C(=O)N3CCCC(F)(F)C3)c2)OC1(C)C. The van der Waals surface area contributed by atoms with E-state index >= 15 is 0 Å². The molecule has 2 aliphatic rings. The highest BCUT2D eigenvalue weighted by Crippen LogP contribution is 2.37. The van der Waals surface area contributed by atoms with Gasteiger partial charge in [0.15, 0.2) is 0 Å². The third-order valence-electron chi connectivity index (χ3n) is 5.67. The molecule has 0 atom stereocenters. The molecule has 0 N–H and O–H groups in total. The average Bonchev–Trinajstić information content (AvgIpc) is 2.80. The van der Waals surface area contributed by atoms with Gasteiger partial charge in [0.25, 0.3) is 11.8 Å². The number of carbonyl (C=O) groups is 1. The van der Waals surface area contributed by atoms with Gasteiger partial charge in [-0.2, -0.15) is 0 Å². The lowest BCUT2D eigenvalue weighted by Gasteiger charge is -2.33. The highest BCUT2D eigenvalue weighted by atomic mass is 19.4. The number of ether oxygens (including phenoxy) is 1. The summed E-state index contributed by atoms with van der Waals surface area (Å²) in [7, 11) is -0.940. The predicted molar refractivity (Wildman–Crippen MR) is 98.9 cm³/mol. The molecule has 2 aliphatic heterocycles. The van der Waals surface area contributed by atoms with Crippen LogP contribution in [0.25, 0.3) is 0 Å². The zero-order chi connectivity index (χ0) is 22.5. The highest BCUT2D eigenvalue weighted by molar-refractivity contribution is 6.62. The van der Waals surface area contributed by atoms with Crippen LogP contribution < -0.4 is 10.2 Å². The molecule has 11 heteroatoms. The van der Waals surface area contributed by atoms with Crippen LogP contribution in [-0.2, 0) is 9.31 Å². The van der Waals surface area contributed by atoms with Crippen molar-refractivity contribution in [1.82, 2.24) is 4.90 Å². The fourth-order valence-corrected chi connectivity index (χ4v) is 3.36. The number of hydrogen-bond donors (Lipinski definition) is 0. The van der Waals surface area contributed by atoms with E-state index in [-0.39, 0.29) is 24.8 Å². The molecule has 2 saturated heterocycles. The number of benzene rings is 1. The van der Waals surface area contributed by atoms with E-state index in [4.69, 9.17) is 9.31 Å². The zero-order valence-electron chi connectivity index (χ0n) is 17.1. The highest BCUT2D eigenvalue weighted by Gasteiger charge is 2.52. The van der Waals surface area contributed by atoms with E-state index in [9.17, 15) is 26.7 Å². The Bertz CT molecular complexity index is 812. The summed E-state index contributed by atoms with van der Waals surface area (Å²) < 4.78 is 81.7. The van der Waals surface area contributed by atoms with E-state index < -0.39 is 54.4 Å². The molecule has 1 aromatic rings. The van der Waals surface area contributed by atoms with Gasteiger partial charge in [-0.15, -0.1) is 13.2 Å². The summed E-state index contributed by atoms with van der Waals surface area (Å²) in [4.78, 5) is 13.7. The molecule has 1 aromatic carbocycles. The van der Waals surface area contributed by atoms with Gasteiger partial charge in [-0.05, 0) is 51.7 Å². The Balaban J connectivity index is 1.96. The third-order valence-corrected chi connectivity index (χ3v) is 5.67. The summed E-state index contributed by atoms with van der Waals surface area (Å²) in [5, 5.41) is 0. The van der Waals surface area contributed by atoms with Crippen molar-refractivity contribution >= 4 is 18.5 Å². The van der Waals surface area contributed by atoms with Crippen LogP contribution in [0.15, 0.2) is 18.2 Å². The first-order valence-corrected chi connectivity index (χ1v) is 9.53. The first-order chi connectivity index (χ1) is 13.6. The average molecular weight is 435 g/mol. The Labute approximate surface area is 171 Å². The van der Waals surface area contributed by atoms with Crippen molar-refractivity contribution in [3.63, 3.8) is 0 Å². The van der Waals surface area contributed by atoms with Gasteiger partial charge >= 0.3 is 13.5 Å². The lowest BCUT2D eigenvalue weighted by molar-refractivity contribution is -0.274. The maximum Gasteiger partial charge on any atom is 0.573 e. The molecular formula is C19H23BF5NO4. The smallest absolute Gasteiger partial charge is 0.405 e. The first kappa shape index (κ1) is 22.8. The molecule has 0 bridgehead atoms. The Morgan fingerprint density at radius 1 is 1.13 bits per heavy atom. The molecule has 2 fully saturated rings. The number of likely N-dealkylation sites (tertiary alicyclic amines) is 1. The van der Waals surface area contributed by atoms with Crippen molar-refractivity contribution in [1.29, 1.82) is 0 Å². The number of alkyl halides is 5. The molecule has 1 amide bonds.